The van der Waals surface area contributed by atoms with Crippen LogP contribution in [-0.2, 0) is 11.3 Å². The third-order valence-electron chi connectivity index (χ3n) is 3.25. The average Bonchev–Trinajstić information content (AvgIpc) is 2.36. The molecule has 0 bridgehead atoms. The van der Waals surface area contributed by atoms with E-state index in [4.69, 9.17) is 4.74 Å². The Morgan fingerprint density at radius 1 is 1.41 bits per heavy atom. The standard InChI is InChI=1S/C14H21NO2/c16-14-5-1-3-13(9-14)11-17-8-6-12-4-2-7-15-10-12/h1,3,5,9,12,15-16H,2,4,6-8,10-11H2. The Morgan fingerprint density at radius 2 is 2.35 bits per heavy atom. The number of phenols is 1. The Morgan fingerprint density at radius 3 is 3.12 bits per heavy atom. The first kappa shape index (κ1) is 12.4. The number of hydrogen-bond acceptors (Lipinski definition) is 3. The van der Waals surface area contributed by atoms with Crippen LogP contribution in [0, 0.1) is 5.92 Å². The molecule has 0 amide bonds. The van der Waals surface area contributed by atoms with Crippen LogP contribution in [0.25, 0.3) is 0 Å². The highest BCUT2D eigenvalue weighted by atomic mass is 16.5. The van der Waals surface area contributed by atoms with Crippen molar-refractivity contribution in [2.45, 2.75) is 25.9 Å². The van der Waals surface area contributed by atoms with Crippen LogP contribution in [0.1, 0.15) is 24.8 Å². The minimum absolute atomic E-state index is 0.308. The monoisotopic (exact) mass is 235 g/mol. The minimum Gasteiger partial charge on any atom is -0.508 e. The molecule has 17 heavy (non-hydrogen) atoms. The van der Waals surface area contributed by atoms with E-state index in [1.807, 2.05) is 12.1 Å². The van der Waals surface area contributed by atoms with Crippen molar-refractivity contribution in [2.24, 2.45) is 5.92 Å². The fraction of sp³-hybridized carbons (Fsp3) is 0.571. The third-order valence-corrected chi connectivity index (χ3v) is 3.25. The van der Waals surface area contributed by atoms with Crippen LogP contribution in [0.15, 0.2) is 24.3 Å². The zero-order chi connectivity index (χ0) is 11.9. The molecule has 1 aromatic rings. The normalized spacial score (nSPS) is 20.4. The van der Waals surface area contributed by atoms with E-state index in [9.17, 15) is 5.11 Å². The summed E-state index contributed by atoms with van der Waals surface area (Å²) in [7, 11) is 0. The Labute approximate surface area is 103 Å². The molecule has 1 aliphatic rings. The van der Waals surface area contributed by atoms with E-state index in [1.54, 1.807) is 12.1 Å². The quantitative estimate of drug-likeness (QED) is 0.769. The number of aromatic hydroxyl groups is 1. The van der Waals surface area contributed by atoms with Gasteiger partial charge in [0, 0.05) is 6.61 Å². The predicted molar refractivity (Wildman–Crippen MR) is 68.0 cm³/mol. The Hall–Kier alpha value is -1.06. The lowest BCUT2D eigenvalue weighted by Crippen LogP contribution is -2.30. The number of hydrogen-bond donors (Lipinski definition) is 2. The molecular formula is C14H21NO2. The molecule has 1 heterocycles. The Bertz CT molecular complexity index is 335. The van der Waals surface area contributed by atoms with Crippen LogP contribution in [0.2, 0.25) is 0 Å². The number of rotatable bonds is 5. The molecule has 1 aromatic carbocycles. The Kier molecular flexibility index (Phi) is 4.83. The SMILES string of the molecule is Oc1cccc(COCCC2CCCNC2)c1. The Balaban J connectivity index is 1.62. The summed E-state index contributed by atoms with van der Waals surface area (Å²) in [4.78, 5) is 0. The van der Waals surface area contributed by atoms with E-state index in [-0.39, 0.29) is 0 Å². The molecule has 0 radical (unpaired) electrons. The van der Waals surface area contributed by atoms with Crippen LogP contribution >= 0.6 is 0 Å². The third kappa shape index (κ3) is 4.36. The summed E-state index contributed by atoms with van der Waals surface area (Å²) >= 11 is 0. The lowest BCUT2D eigenvalue weighted by Gasteiger charge is -2.22. The summed E-state index contributed by atoms with van der Waals surface area (Å²) in [6.07, 6.45) is 3.74. The van der Waals surface area contributed by atoms with Gasteiger partial charge in [0.05, 0.1) is 6.61 Å². The van der Waals surface area contributed by atoms with E-state index >= 15 is 0 Å². The summed E-state index contributed by atoms with van der Waals surface area (Å²) in [5.74, 6) is 1.08. The minimum atomic E-state index is 0.308. The molecule has 0 aliphatic carbocycles. The first-order chi connectivity index (χ1) is 8.34. The van der Waals surface area contributed by atoms with Gasteiger partial charge >= 0.3 is 0 Å². The topological polar surface area (TPSA) is 41.5 Å². The van der Waals surface area contributed by atoms with Gasteiger partial charge in [-0.1, -0.05) is 12.1 Å². The van der Waals surface area contributed by atoms with Gasteiger partial charge in [-0.2, -0.15) is 0 Å². The lowest BCUT2D eigenvalue weighted by atomic mass is 9.97. The number of ether oxygens (including phenoxy) is 1. The second kappa shape index (κ2) is 6.62. The highest BCUT2D eigenvalue weighted by molar-refractivity contribution is 5.26. The van der Waals surface area contributed by atoms with Crippen LogP contribution in [-0.4, -0.2) is 24.8 Å². The van der Waals surface area contributed by atoms with E-state index in [0.717, 1.165) is 31.1 Å². The second-order valence-electron chi connectivity index (χ2n) is 4.72. The van der Waals surface area contributed by atoms with Gasteiger partial charge in [-0.05, 0) is 56.0 Å². The molecule has 1 fully saturated rings. The highest BCUT2D eigenvalue weighted by Gasteiger charge is 2.12. The first-order valence-electron chi connectivity index (χ1n) is 6.41. The molecule has 1 unspecified atom stereocenters. The van der Waals surface area contributed by atoms with Crippen LogP contribution in [0.3, 0.4) is 0 Å². The molecule has 2 rings (SSSR count). The summed E-state index contributed by atoms with van der Waals surface area (Å²) in [5, 5.41) is 12.7. The van der Waals surface area contributed by atoms with E-state index in [0.29, 0.717) is 12.4 Å². The fourth-order valence-electron chi connectivity index (χ4n) is 2.26. The maximum atomic E-state index is 9.31. The predicted octanol–water partition coefficient (Wildman–Crippen LogP) is 2.30. The first-order valence-corrected chi connectivity index (χ1v) is 6.41. The zero-order valence-corrected chi connectivity index (χ0v) is 10.2. The maximum absolute atomic E-state index is 9.31. The molecule has 3 heteroatoms. The van der Waals surface area contributed by atoms with Gasteiger partial charge in [-0.3, -0.25) is 0 Å². The molecular weight excluding hydrogens is 214 g/mol. The fourth-order valence-corrected chi connectivity index (χ4v) is 2.26. The number of nitrogens with one attached hydrogen (secondary N) is 1. The van der Waals surface area contributed by atoms with Crippen molar-refractivity contribution in [1.82, 2.24) is 5.32 Å². The van der Waals surface area contributed by atoms with Gasteiger partial charge in [0.25, 0.3) is 0 Å². The van der Waals surface area contributed by atoms with Crippen molar-refractivity contribution in [3.8, 4) is 5.75 Å². The van der Waals surface area contributed by atoms with Gasteiger partial charge in [0.1, 0.15) is 5.75 Å². The molecule has 1 aliphatic heterocycles. The van der Waals surface area contributed by atoms with Crippen LogP contribution in [0.5, 0.6) is 5.75 Å². The summed E-state index contributed by atoms with van der Waals surface area (Å²) in [6, 6.07) is 7.25. The van der Waals surface area contributed by atoms with Crippen molar-refractivity contribution < 1.29 is 9.84 Å². The van der Waals surface area contributed by atoms with Crippen LogP contribution in [0.4, 0.5) is 0 Å². The van der Waals surface area contributed by atoms with Gasteiger partial charge in [-0.15, -0.1) is 0 Å². The molecule has 3 nitrogen and oxygen atoms in total. The van der Waals surface area contributed by atoms with Crippen molar-refractivity contribution in [1.29, 1.82) is 0 Å². The number of benzene rings is 1. The van der Waals surface area contributed by atoms with Crippen molar-refractivity contribution in [2.75, 3.05) is 19.7 Å². The molecule has 1 saturated heterocycles. The van der Waals surface area contributed by atoms with Gasteiger partial charge in [0.15, 0.2) is 0 Å². The smallest absolute Gasteiger partial charge is 0.115 e. The summed E-state index contributed by atoms with van der Waals surface area (Å²) in [5.41, 5.74) is 1.03. The second-order valence-corrected chi connectivity index (χ2v) is 4.72. The van der Waals surface area contributed by atoms with Gasteiger partial charge in [-0.25, -0.2) is 0 Å². The molecule has 0 aromatic heterocycles. The molecule has 0 saturated carbocycles. The average molecular weight is 235 g/mol. The highest BCUT2D eigenvalue weighted by Crippen LogP contribution is 2.15. The summed E-state index contributed by atoms with van der Waals surface area (Å²) in [6.45, 7) is 3.70. The number of phenolic OH excluding ortho intramolecular Hbond substituents is 1. The molecule has 1 atom stereocenters. The molecule has 2 N–H and O–H groups in total. The molecule has 0 spiro atoms. The van der Waals surface area contributed by atoms with E-state index in [1.165, 1.54) is 19.4 Å². The largest absolute Gasteiger partial charge is 0.508 e. The van der Waals surface area contributed by atoms with Gasteiger partial charge in [0.2, 0.25) is 0 Å². The van der Waals surface area contributed by atoms with Crippen molar-refractivity contribution >= 4 is 0 Å². The van der Waals surface area contributed by atoms with E-state index in [2.05, 4.69) is 5.32 Å². The summed E-state index contributed by atoms with van der Waals surface area (Å²) < 4.78 is 5.64. The van der Waals surface area contributed by atoms with Gasteiger partial charge < -0.3 is 15.2 Å². The van der Waals surface area contributed by atoms with E-state index < -0.39 is 0 Å². The zero-order valence-electron chi connectivity index (χ0n) is 10.2. The van der Waals surface area contributed by atoms with Crippen molar-refractivity contribution in [3.63, 3.8) is 0 Å². The van der Waals surface area contributed by atoms with Crippen LogP contribution < -0.4 is 5.32 Å². The van der Waals surface area contributed by atoms with Crippen molar-refractivity contribution in [3.05, 3.63) is 29.8 Å². The lowest BCUT2D eigenvalue weighted by molar-refractivity contribution is 0.103. The molecule has 94 valence electrons. The maximum Gasteiger partial charge on any atom is 0.115 e. The number of piperidine rings is 1.